The van der Waals surface area contributed by atoms with Crippen LogP contribution in [0.4, 0.5) is 8.78 Å². The molecule has 18 heavy (non-hydrogen) atoms. The Morgan fingerprint density at radius 2 is 2.22 bits per heavy atom. The SMILES string of the molecule is CNCCCNC(=O)c1sc(C)cc1OC(F)F. The number of rotatable bonds is 7. The average Bonchev–Trinajstić information content (AvgIpc) is 2.64. The Labute approximate surface area is 108 Å². The van der Waals surface area contributed by atoms with Crippen molar-refractivity contribution >= 4 is 17.2 Å². The summed E-state index contributed by atoms with van der Waals surface area (Å²) >= 11 is 1.14. The first kappa shape index (κ1) is 14.8. The standard InChI is InChI=1S/C11H16F2N2O2S/c1-7-6-8(17-11(12)13)9(18-7)10(16)15-5-3-4-14-2/h6,11,14H,3-5H2,1-2H3,(H,15,16). The number of halogens is 2. The minimum Gasteiger partial charge on any atom is -0.433 e. The molecule has 0 aromatic carbocycles. The van der Waals surface area contributed by atoms with Gasteiger partial charge in [-0.25, -0.2) is 0 Å². The topological polar surface area (TPSA) is 50.4 Å². The van der Waals surface area contributed by atoms with Gasteiger partial charge in [0.05, 0.1) is 0 Å². The molecule has 0 saturated carbocycles. The Kier molecular flexibility index (Phi) is 6.00. The molecule has 0 aliphatic carbocycles. The number of hydrogen-bond donors (Lipinski definition) is 2. The van der Waals surface area contributed by atoms with Crippen LogP contribution < -0.4 is 15.4 Å². The first-order valence-corrected chi connectivity index (χ1v) is 6.34. The Bertz CT molecular complexity index is 396. The second-order valence-electron chi connectivity index (χ2n) is 3.64. The van der Waals surface area contributed by atoms with Gasteiger partial charge in [-0.3, -0.25) is 4.79 Å². The van der Waals surface area contributed by atoms with E-state index in [1.54, 1.807) is 6.92 Å². The fourth-order valence-electron chi connectivity index (χ4n) is 1.38. The molecule has 0 aliphatic rings. The molecule has 0 fully saturated rings. The van der Waals surface area contributed by atoms with Crippen LogP contribution in [0.5, 0.6) is 5.75 Å². The van der Waals surface area contributed by atoms with Gasteiger partial charge in [0, 0.05) is 11.4 Å². The van der Waals surface area contributed by atoms with Crippen molar-refractivity contribution < 1.29 is 18.3 Å². The molecule has 1 heterocycles. The van der Waals surface area contributed by atoms with Gasteiger partial charge in [-0.15, -0.1) is 11.3 Å². The zero-order chi connectivity index (χ0) is 13.5. The van der Waals surface area contributed by atoms with Gasteiger partial charge in [0.15, 0.2) is 0 Å². The molecule has 1 rings (SSSR count). The lowest BCUT2D eigenvalue weighted by molar-refractivity contribution is -0.0498. The maximum absolute atomic E-state index is 12.2. The van der Waals surface area contributed by atoms with Crippen LogP contribution in [0.15, 0.2) is 6.07 Å². The van der Waals surface area contributed by atoms with E-state index in [1.807, 2.05) is 7.05 Å². The number of hydrogen-bond acceptors (Lipinski definition) is 4. The summed E-state index contributed by atoms with van der Waals surface area (Å²) in [5.41, 5.74) is 0. The van der Waals surface area contributed by atoms with Crippen LogP contribution in [0.3, 0.4) is 0 Å². The van der Waals surface area contributed by atoms with Crippen LogP contribution in [0.25, 0.3) is 0 Å². The molecule has 0 aliphatic heterocycles. The molecule has 7 heteroatoms. The van der Waals surface area contributed by atoms with E-state index in [2.05, 4.69) is 15.4 Å². The second kappa shape index (κ2) is 7.27. The molecule has 102 valence electrons. The minimum atomic E-state index is -2.92. The van der Waals surface area contributed by atoms with Crippen LogP contribution in [-0.2, 0) is 0 Å². The number of carbonyl (C=O) groups is 1. The number of aryl methyl sites for hydroxylation is 1. The first-order chi connectivity index (χ1) is 8.54. The Hall–Kier alpha value is -1.21. The van der Waals surface area contributed by atoms with Crippen molar-refractivity contribution in [3.8, 4) is 5.75 Å². The zero-order valence-corrected chi connectivity index (χ0v) is 11.1. The summed E-state index contributed by atoms with van der Waals surface area (Å²) < 4.78 is 28.7. The second-order valence-corrected chi connectivity index (χ2v) is 4.90. The maximum Gasteiger partial charge on any atom is 0.387 e. The predicted molar refractivity (Wildman–Crippen MR) is 66.6 cm³/mol. The highest BCUT2D eigenvalue weighted by Gasteiger charge is 2.18. The highest BCUT2D eigenvalue weighted by atomic mass is 32.1. The van der Waals surface area contributed by atoms with Gasteiger partial charge >= 0.3 is 6.61 Å². The molecular formula is C11H16F2N2O2S. The lowest BCUT2D eigenvalue weighted by atomic mass is 10.3. The highest BCUT2D eigenvalue weighted by Crippen LogP contribution is 2.29. The Morgan fingerprint density at radius 3 is 2.83 bits per heavy atom. The summed E-state index contributed by atoms with van der Waals surface area (Å²) in [5.74, 6) is -0.432. The molecule has 1 aromatic rings. The fourth-order valence-corrected chi connectivity index (χ4v) is 2.24. The molecular weight excluding hydrogens is 262 g/mol. The minimum absolute atomic E-state index is 0.0568. The maximum atomic E-state index is 12.2. The number of alkyl halides is 2. The molecule has 1 aromatic heterocycles. The van der Waals surface area contributed by atoms with E-state index in [4.69, 9.17) is 0 Å². The van der Waals surface area contributed by atoms with E-state index in [1.165, 1.54) is 6.07 Å². The van der Waals surface area contributed by atoms with Gasteiger partial charge in [0.25, 0.3) is 5.91 Å². The number of amides is 1. The number of thiophene rings is 1. The van der Waals surface area contributed by atoms with Crippen LogP contribution in [-0.4, -0.2) is 32.7 Å². The monoisotopic (exact) mass is 278 g/mol. The fraction of sp³-hybridized carbons (Fsp3) is 0.545. The van der Waals surface area contributed by atoms with E-state index >= 15 is 0 Å². The van der Waals surface area contributed by atoms with Crippen molar-refractivity contribution in [3.05, 3.63) is 15.8 Å². The van der Waals surface area contributed by atoms with Crippen molar-refractivity contribution in [1.29, 1.82) is 0 Å². The molecule has 2 N–H and O–H groups in total. The lowest BCUT2D eigenvalue weighted by Gasteiger charge is -2.06. The van der Waals surface area contributed by atoms with Crippen LogP contribution in [0, 0.1) is 6.92 Å². The quantitative estimate of drug-likeness (QED) is 0.750. The normalized spacial score (nSPS) is 10.7. The number of nitrogens with one attached hydrogen (secondary N) is 2. The summed E-state index contributed by atoms with van der Waals surface area (Å²) in [6.07, 6.45) is 0.775. The predicted octanol–water partition coefficient (Wildman–Crippen LogP) is 2.00. The van der Waals surface area contributed by atoms with Gasteiger partial charge in [-0.1, -0.05) is 0 Å². The van der Waals surface area contributed by atoms with Gasteiger partial charge in [-0.05, 0) is 33.0 Å². The zero-order valence-electron chi connectivity index (χ0n) is 10.3. The summed E-state index contributed by atoms with van der Waals surface area (Å²) in [6.45, 7) is 0.0881. The van der Waals surface area contributed by atoms with E-state index < -0.39 is 6.61 Å². The van der Waals surface area contributed by atoms with Crippen LogP contribution >= 0.6 is 11.3 Å². The molecule has 1 amide bonds. The molecule has 0 saturated heterocycles. The Balaban J connectivity index is 2.60. The van der Waals surface area contributed by atoms with Crippen LogP contribution in [0.2, 0.25) is 0 Å². The average molecular weight is 278 g/mol. The first-order valence-electron chi connectivity index (χ1n) is 5.52. The summed E-state index contributed by atoms with van der Waals surface area (Å²) in [6, 6.07) is 1.44. The smallest absolute Gasteiger partial charge is 0.387 e. The number of ether oxygens (including phenoxy) is 1. The van der Waals surface area contributed by atoms with E-state index in [0.29, 0.717) is 6.54 Å². The van der Waals surface area contributed by atoms with Crippen molar-refractivity contribution in [2.24, 2.45) is 0 Å². The third-order valence-corrected chi connectivity index (χ3v) is 3.16. The summed E-state index contributed by atoms with van der Waals surface area (Å²) in [4.78, 5) is 12.7. The van der Waals surface area contributed by atoms with Gasteiger partial charge in [0.2, 0.25) is 0 Å². The molecule has 0 unspecified atom stereocenters. The third kappa shape index (κ3) is 4.58. The molecule has 0 bridgehead atoms. The van der Waals surface area contributed by atoms with Crippen molar-refractivity contribution in [3.63, 3.8) is 0 Å². The summed E-state index contributed by atoms with van der Waals surface area (Å²) in [7, 11) is 1.82. The molecule has 0 spiro atoms. The largest absolute Gasteiger partial charge is 0.433 e. The van der Waals surface area contributed by atoms with E-state index in [9.17, 15) is 13.6 Å². The van der Waals surface area contributed by atoms with Gasteiger partial charge < -0.3 is 15.4 Å². The van der Waals surface area contributed by atoms with Crippen molar-refractivity contribution in [1.82, 2.24) is 10.6 Å². The molecule has 4 nitrogen and oxygen atoms in total. The molecule has 0 radical (unpaired) electrons. The number of carbonyl (C=O) groups excluding carboxylic acids is 1. The van der Waals surface area contributed by atoms with Gasteiger partial charge in [-0.2, -0.15) is 8.78 Å². The summed E-state index contributed by atoms with van der Waals surface area (Å²) in [5, 5.41) is 5.62. The highest BCUT2D eigenvalue weighted by molar-refractivity contribution is 7.14. The Morgan fingerprint density at radius 1 is 1.50 bits per heavy atom. The van der Waals surface area contributed by atoms with Gasteiger partial charge in [0.1, 0.15) is 10.6 Å². The third-order valence-electron chi connectivity index (χ3n) is 2.13. The van der Waals surface area contributed by atoms with Crippen molar-refractivity contribution in [2.45, 2.75) is 20.0 Å². The lowest BCUT2D eigenvalue weighted by Crippen LogP contribution is -2.26. The van der Waals surface area contributed by atoms with Crippen molar-refractivity contribution in [2.75, 3.05) is 20.1 Å². The molecule has 0 atom stereocenters. The van der Waals surface area contributed by atoms with Crippen LogP contribution in [0.1, 0.15) is 21.0 Å². The van der Waals surface area contributed by atoms with E-state index in [0.717, 1.165) is 29.2 Å². The van der Waals surface area contributed by atoms with E-state index in [-0.39, 0.29) is 16.5 Å².